The van der Waals surface area contributed by atoms with E-state index in [-0.39, 0.29) is 18.0 Å². The maximum absolute atomic E-state index is 13.8. The summed E-state index contributed by atoms with van der Waals surface area (Å²) in [5, 5.41) is 3.50. The van der Waals surface area contributed by atoms with Gasteiger partial charge in [0, 0.05) is 31.7 Å². The number of nitrogens with one attached hydrogen (secondary N) is 1. The van der Waals surface area contributed by atoms with Crippen LogP contribution in [0.4, 0.5) is 0 Å². The molecule has 7 nitrogen and oxygen atoms in total. The first kappa shape index (κ1) is 24.5. The number of rotatable bonds is 8. The lowest BCUT2D eigenvalue weighted by molar-refractivity contribution is -0.121. The zero-order chi connectivity index (χ0) is 25.9. The molecule has 1 amide bonds. The molecule has 4 aromatic rings. The Labute approximate surface area is 222 Å². The van der Waals surface area contributed by atoms with E-state index in [2.05, 4.69) is 34.5 Å². The van der Waals surface area contributed by atoms with Gasteiger partial charge in [-0.05, 0) is 53.6 Å². The Balaban J connectivity index is 1.36. The molecule has 1 saturated carbocycles. The van der Waals surface area contributed by atoms with E-state index in [0.717, 1.165) is 62.4 Å². The summed E-state index contributed by atoms with van der Waals surface area (Å²) in [6.45, 7) is 4.89. The highest BCUT2D eigenvalue weighted by Gasteiger charge is 2.22. The van der Waals surface area contributed by atoms with Gasteiger partial charge in [0.05, 0.1) is 24.1 Å². The van der Waals surface area contributed by atoms with Gasteiger partial charge in [0.25, 0.3) is 5.56 Å². The minimum absolute atomic E-state index is 0.0576. The summed E-state index contributed by atoms with van der Waals surface area (Å²) in [6, 6.07) is 23.9. The lowest BCUT2D eigenvalue weighted by atomic mass is 10.0. The van der Waals surface area contributed by atoms with Crippen LogP contribution < -0.4 is 10.9 Å². The zero-order valence-corrected chi connectivity index (χ0v) is 21.4. The van der Waals surface area contributed by atoms with Crippen molar-refractivity contribution in [3.05, 3.63) is 88.7 Å². The van der Waals surface area contributed by atoms with Crippen LogP contribution in [0.2, 0.25) is 0 Å². The topological polar surface area (TPSA) is 76.5 Å². The molecular formula is C31H32N4O3. The van der Waals surface area contributed by atoms with Crippen LogP contribution in [0, 0.1) is 5.92 Å². The summed E-state index contributed by atoms with van der Waals surface area (Å²) in [6.07, 6.45) is 2.31. The minimum Gasteiger partial charge on any atom is -0.379 e. The van der Waals surface area contributed by atoms with Crippen molar-refractivity contribution in [1.82, 2.24) is 19.8 Å². The van der Waals surface area contributed by atoms with Crippen LogP contribution in [0.1, 0.15) is 18.4 Å². The van der Waals surface area contributed by atoms with E-state index < -0.39 is 0 Å². The number of carbonyl (C=O) groups is 1. The molecule has 0 radical (unpaired) electrons. The van der Waals surface area contributed by atoms with E-state index in [1.807, 2.05) is 48.5 Å². The molecule has 2 aliphatic rings. The van der Waals surface area contributed by atoms with Crippen molar-refractivity contribution in [1.29, 1.82) is 0 Å². The first-order valence-electron chi connectivity index (χ1n) is 13.4. The Morgan fingerprint density at radius 2 is 1.68 bits per heavy atom. The van der Waals surface area contributed by atoms with Crippen LogP contribution in [0.15, 0.2) is 77.6 Å². The van der Waals surface area contributed by atoms with E-state index in [9.17, 15) is 9.59 Å². The Kier molecular flexibility index (Phi) is 7.03. The molecule has 1 saturated heterocycles. The van der Waals surface area contributed by atoms with Gasteiger partial charge in [-0.3, -0.25) is 19.1 Å². The predicted molar refractivity (Wildman–Crippen MR) is 149 cm³/mol. The first-order valence-corrected chi connectivity index (χ1v) is 13.4. The van der Waals surface area contributed by atoms with Crippen molar-refractivity contribution in [3.63, 3.8) is 0 Å². The molecule has 194 valence electrons. The predicted octanol–water partition coefficient (Wildman–Crippen LogP) is 4.09. The molecule has 0 atom stereocenters. The summed E-state index contributed by atoms with van der Waals surface area (Å²) < 4.78 is 6.99. The summed E-state index contributed by atoms with van der Waals surface area (Å²) in [5.41, 5.74) is 4.46. The number of nitrogens with zero attached hydrogens (tertiary/aromatic N) is 3. The Morgan fingerprint density at radius 3 is 2.47 bits per heavy atom. The van der Waals surface area contributed by atoms with Crippen molar-refractivity contribution in [2.24, 2.45) is 5.92 Å². The van der Waals surface area contributed by atoms with E-state index in [0.29, 0.717) is 29.2 Å². The Bertz CT molecular complexity index is 1510. The number of hydrogen-bond acceptors (Lipinski definition) is 5. The van der Waals surface area contributed by atoms with E-state index in [1.165, 1.54) is 10.1 Å². The van der Waals surface area contributed by atoms with E-state index >= 15 is 0 Å². The second-order valence-electron chi connectivity index (χ2n) is 10.3. The summed E-state index contributed by atoms with van der Waals surface area (Å²) in [4.78, 5) is 33.9. The van der Waals surface area contributed by atoms with Crippen LogP contribution in [0.3, 0.4) is 0 Å². The Hall–Kier alpha value is -3.81. The maximum atomic E-state index is 13.8. The quantitative estimate of drug-likeness (QED) is 0.388. The van der Waals surface area contributed by atoms with E-state index in [1.54, 1.807) is 0 Å². The van der Waals surface area contributed by atoms with Gasteiger partial charge in [-0.1, -0.05) is 54.6 Å². The normalized spacial score (nSPS) is 16.0. The summed E-state index contributed by atoms with van der Waals surface area (Å²) >= 11 is 0. The lowest BCUT2D eigenvalue weighted by Crippen LogP contribution is -2.35. The SMILES string of the molecule is O=C(Cn1c(-c2ccccc2)nc2ccc(-c3cccc(CN4CCOCC4)c3)cc2c1=O)NCC1CC1. The van der Waals surface area contributed by atoms with Crippen molar-refractivity contribution < 1.29 is 9.53 Å². The summed E-state index contributed by atoms with van der Waals surface area (Å²) in [5.74, 6) is 0.912. The number of fused-ring (bicyclic) bond motifs is 1. The largest absolute Gasteiger partial charge is 0.379 e. The number of ether oxygens (including phenoxy) is 1. The third kappa shape index (κ3) is 5.54. The minimum atomic E-state index is -0.207. The molecule has 0 spiro atoms. The number of benzene rings is 3. The highest BCUT2D eigenvalue weighted by molar-refractivity contribution is 5.86. The maximum Gasteiger partial charge on any atom is 0.262 e. The van der Waals surface area contributed by atoms with Crippen LogP contribution in [0.5, 0.6) is 0 Å². The highest BCUT2D eigenvalue weighted by atomic mass is 16.5. The molecule has 2 heterocycles. The van der Waals surface area contributed by atoms with Gasteiger partial charge in [0.15, 0.2) is 0 Å². The fourth-order valence-electron chi connectivity index (χ4n) is 5.00. The van der Waals surface area contributed by atoms with Gasteiger partial charge < -0.3 is 10.1 Å². The zero-order valence-electron chi connectivity index (χ0n) is 21.4. The third-order valence-electron chi connectivity index (χ3n) is 7.34. The molecular weight excluding hydrogens is 476 g/mol. The molecule has 1 aromatic heterocycles. The molecule has 3 aromatic carbocycles. The standard InChI is InChI=1S/C31H32N4O3/c36-29(32-19-22-9-10-22)21-35-30(24-6-2-1-3-7-24)33-28-12-11-26(18-27(28)31(35)37)25-8-4-5-23(17-25)20-34-13-15-38-16-14-34/h1-8,11-12,17-18,22H,9-10,13-16,19-21H2,(H,32,36). The van der Waals surface area contributed by atoms with Crippen molar-refractivity contribution in [2.45, 2.75) is 25.9 Å². The van der Waals surface area contributed by atoms with Crippen LogP contribution >= 0.6 is 0 Å². The van der Waals surface area contributed by atoms with Crippen molar-refractivity contribution >= 4 is 16.8 Å². The molecule has 7 heteroatoms. The summed E-state index contributed by atoms with van der Waals surface area (Å²) in [7, 11) is 0. The molecule has 38 heavy (non-hydrogen) atoms. The third-order valence-corrected chi connectivity index (χ3v) is 7.34. The van der Waals surface area contributed by atoms with Crippen molar-refractivity contribution in [2.75, 3.05) is 32.8 Å². The smallest absolute Gasteiger partial charge is 0.262 e. The molecule has 0 unspecified atom stereocenters. The monoisotopic (exact) mass is 508 g/mol. The van der Waals surface area contributed by atoms with Gasteiger partial charge in [-0.15, -0.1) is 0 Å². The average molecular weight is 509 g/mol. The number of morpholine rings is 1. The van der Waals surface area contributed by atoms with Gasteiger partial charge >= 0.3 is 0 Å². The van der Waals surface area contributed by atoms with Gasteiger partial charge in [-0.25, -0.2) is 4.98 Å². The molecule has 1 aliphatic carbocycles. The number of amides is 1. The van der Waals surface area contributed by atoms with Crippen LogP contribution in [-0.2, 0) is 22.6 Å². The molecule has 1 N–H and O–H groups in total. The van der Waals surface area contributed by atoms with Gasteiger partial charge in [0.1, 0.15) is 12.4 Å². The second-order valence-corrected chi connectivity index (χ2v) is 10.3. The molecule has 0 bridgehead atoms. The van der Waals surface area contributed by atoms with Crippen LogP contribution in [-0.4, -0.2) is 53.2 Å². The lowest BCUT2D eigenvalue weighted by Gasteiger charge is -2.26. The number of hydrogen-bond donors (Lipinski definition) is 1. The van der Waals surface area contributed by atoms with Gasteiger partial charge in [0.2, 0.25) is 5.91 Å². The molecule has 1 aliphatic heterocycles. The average Bonchev–Trinajstić information content (AvgIpc) is 3.79. The van der Waals surface area contributed by atoms with Crippen LogP contribution in [0.25, 0.3) is 33.4 Å². The fourth-order valence-corrected chi connectivity index (χ4v) is 5.00. The van der Waals surface area contributed by atoms with Crippen molar-refractivity contribution in [3.8, 4) is 22.5 Å². The molecule has 2 fully saturated rings. The number of aromatic nitrogens is 2. The second kappa shape index (κ2) is 10.9. The fraction of sp³-hybridized carbons (Fsp3) is 0.323. The molecule has 6 rings (SSSR count). The highest BCUT2D eigenvalue weighted by Crippen LogP contribution is 2.28. The van der Waals surface area contributed by atoms with E-state index in [4.69, 9.17) is 9.72 Å². The Morgan fingerprint density at radius 1 is 0.921 bits per heavy atom. The van der Waals surface area contributed by atoms with Gasteiger partial charge in [-0.2, -0.15) is 0 Å². The number of carbonyl (C=O) groups excluding carboxylic acids is 1. The first-order chi connectivity index (χ1) is 18.6.